The van der Waals surface area contributed by atoms with Crippen LogP contribution in [-0.4, -0.2) is 30.7 Å². The minimum Gasteiger partial charge on any atom is -0.486 e. The van der Waals surface area contributed by atoms with Crippen molar-refractivity contribution in [2.75, 3.05) is 19.7 Å². The fraction of sp³-hybridized carbons (Fsp3) is 0.348. The predicted molar refractivity (Wildman–Crippen MR) is 109 cm³/mol. The molecule has 146 valence electrons. The molecule has 1 aliphatic rings. The maximum Gasteiger partial charge on any atom is 0.336 e. The normalized spacial score (nSPS) is 15.9. The van der Waals surface area contributed by atoms with Gasteiger partial charge in [-0.25, -0.2) is 4.79 Å². The van der Waals surface area contributed by atoms with Gasteiger partial charge in [-0.05, 0) is 61.3 Å². The fourth-order valence-corrected chi connectivity index (χ4v) is 3.60. The number of para-hydroxylation sites is 2. The van der Waals surface area contributed by atoms with Crippen LogP contribution in [0.4, 0.5) is 0 Å². The Morgan fingerprint density at radius 2 is 1.82 bits per heavy atom. The smallest absolute Gasteiger partial charge is 0.336 e. The minimum absolute atomic E-state index is 0.0507. The summed E-state index contributed by atoms with van der Waals surface area (Å²) >= 11 is 0. The zero-order valence-corrected chi connectivity index (χ0v) is 16.5. The summed E-state index contributed by atoms with van der Waals surface area (Å²) < 4.78 is 17.4. The Hall–Kier alpha value is -2.79. The van der Waals surface area contributed by atoms with E-state index in [-0.39, 0.29) is 11.7 Å². The van der Waals surface area contributed by atoms with Gasteiger partial charge in [-0.2, -0.15) is 0 Å². The molecule has 28 heavy (non-hydrogen) atoms. The molecule has 3 aromatic rings. The molecule has 1 aliphatic heterocycles. The van der Waals surface area contributed by atoms with Gasteiger partial charge in [0.05, 0.1) is 0 Å². The lowest BCUT2D eigenvalue weighted by Crippen LogP contribution is -2.40. The third-order valence-corrected chi connectivity index (χ3v) is 5.32. The molecule has 0 radical (unpaired) electrons. The molecule has 0 fully saturated rings. The first-order valence-corrected chi connectivity index (χ1v) is 9.68. The molecule has 2 heterocycles. The third kappa shape index (κ3) is 3.76. The molecule has 0 saturated heterocycles. The largest absolute Gasteiger partial charge is 0.486 e. The van der Waals surface area contributed by atoms with Crippen LogP contribution < -0.4 is 15.1 Å². The van der Waals surface area contributed by atoms with Gasteiger partial charge in [-0.1, -0.05) is 19.1 Å². The number of benzene rings is 2. The van der Waals surface area contributed by atoms with Gasteiger partial charge in [-0.3, -0.25) is 4.90 Å². The van der Waals surface area contributed by atoms with Crippen molar-refractivity contribution in [1.82, 2.24) is 4.90 Å². The van der Waals surface area contributed by atoms with E-state index in [1.807, 2.05) is 37.3 Å². The van der Waals surface area contributed by atoms with Gasteiger partial charge >= 0.3 is 5.63 Å². The van der Waals surface area contributed by atoms with E-state index < -0.39 is 0 Å². The van der Waals surface area contributed by atoms with Crippen LogP contribution in [0.3, 0.4) is 0 Å². The first-order valence-electron chi connectivity index (χ1n) is 9.68. The fourth-order valence-electron chi connectivity index (χ4n) is 3.60. The van der Waals surface area contributed by atoms with Crippen molar-refractivity contribution >= 4 is 11.0 Å². The highest BCUT2D eigenvalue weighted by molar-refractivity contribution is 5.81. The number of nitrogens with zero attached hydrogens (tertiary/aromatic N) is 1. The summed E-state index contributed by atoms with van der Waals surface area (Å²) in [4.78, 5) is 14.3. The molecule has 1 aromatic heterocycles. The van der Waals surface area contributed by atoms with Crippen molar-refractivity contribution in [3.05, 3.63) is 69.6 Å². The van der Waals surface area contributed by atoms with E-state index in [1.165, 1.54) is 5.56 Å². The summed E-state index contributed by atoms with van der Waals surface area (Å²) in [5.74, 6) is 1.58. The first kappa shape index (κ1) is 18.6. The maximum absolute atomic E-state index is 12.1. The van der Waals surface area contributed by atoms with E-state index >= 15 is 0 Å². The van der Waals surface area contributed by atoms with Gasteiger partial charge in [0.25, 0.3) is 0 Å². The highest BCUT2D eigenvalue weighted by Gasteiger charge is 2.23. The minimum atomic E-state index is -0.312. The van der Waals surface area contributed by atoms with Gasteiger partial charge in [0.15, 0.2) is 11.5 Å². The lowest BCUT2D eigenvalue weighted by atomic mass is 10.0. The molecule has 2 aromatic carbocycles. The lowest BCUT2D eigenvalue weighted by molar-refractivity contribution is 0.0581. The van der Waals surface area contributed by atoms with E-state index in [0.717, 1.165) is 41.1 Å². The molecule has 0 saturated carbocycles. The van der Waals surface area contributed by atoms with E-state index in [9.17, 15) is 4.79 Å². The zero-order valence-electron chi connectivity index (χ0n) is 16.5. The van der Waals surface area contributed by atoms with Gasteiger partial charge in [0.1, 0.15) is 18.3 Å². The van der Waals surface area contributed by atoms with Crippen molar-refractivity contribution in [1.29, 1.82) is 0 Å². The van der Waals surface area contributed by atoms with Crippen LogP contribution in [0.5, 0.6) is 11.5 Å². The summed E-state index contributed by atoms with van der Waals surface area (Å²) in [6.45, 7) is 8.95. The summed E-state index contributed by atoms with van der Waals surface area (Å²) in [5.41, 5.74) is 3.62. The lowest BCUT2D eigenvalue weighted by Gasteiger charge is -2.31. The number of fused-ring (bicyclic) bond motifs is 2. The average molecular weight is 379 g/mol. The molecule has 1 atom stereocenters. The molecule has 0 amide bonds. The Balaban J connectivity index is 1.56. The van der Waals surface area contributed by atoms with Gasteiger partial charge < -0.3 is 13.9 Å². The second-order valence-corrected chi connectivity index (χ2v) is 7.35. The number of likely N-dealkylation sites (N-methyl/N-ethyl adjacent to an activating group) is 1. The molecular formula is C23H25NO4. The van der Waals surface area contributed by atoms with Crippen molar-refractivity contribution < 1.29 is 13.9 Å². The number of hydrogen-bond donors (Lipinski definition) is 0. The Kier molecular flexibility index (Phi) is 5.09. The Labute approximate surface area is 164 Å². The second kappa shape index (κ2) is 7.68. The number of hydrogen-bond acceptors (Lipinski definition) is 5. The summed E-state index contributed by atoms with van der Waals surface area (Å²) in [7, 11) is 0. The van der Waals surface area contributed by atoms with Crippen LogP contribution in [0, 0.1) is 13.8 Å². The third-order valence-electron chi connectivity index (χ3n) is 5.32. The van der Waals surface area contributed by atoms with E-state index in [1.54, 1.807) is 6.07 Å². The standard InChI is InChI=1S/C23H25NO4/c1-4-24(13-18-14-26-20-7-5-6-8-21(20)27-18)12-17-11-23(25)28-22-10-16(3)15(2)9-19(17)22/h5-11,18H,4,12-14H2,1-3H3/t18-/m1/s1. The zero-order chi connectivity index (χ0) is 19.7. The van der Waals surface area contributed by atoms with Crippen LogP contribution in [0.15, 0.2) is 51.7 Å². The molecule has 5 nitrogen and oxygen atoms in total. The quantitative estimate of drug-likeness (QED) is 0.626. The van der Waals surface area contributed by atoms with Crippen molar-refractivity contribution in [2.45, 2.75) is 33.4 Å². The average Bonchev–Trinajstić information content (AvgIpc) is 2.68. The van der Waals surface area contributed by atoms with Crippen molar-refractivity contribution in [3.63, 3.8) is 0 Å². The molecule has 0 aliphatic carbocycles. The molecule has 0 bridgehead atoms. The van der Waals surface area contributed by atoms with Crippen molar-refractivity contribution in [2.24, 2.45) is 0 Å². The Morgan fingerprint density at radius 1 is 1.07 bits per heavy atom. The summed E-state index contributed by atoms with van der Waals surface area (Å²) in [6.07, 6.45) is -0.0507. The topological polar surface area (TPSA) is 51.9 Å². The SMILES string of the molecule is CCN(Cc1cc(=O)oc2cc(C)c(C)cc12)C[C@@H]1COc2ccccc2O1. The molecule has 0 spiro atoms. The number of ether oxygens (including phenoxy) is 2. The van der Waals surface area contributed by atoms with Crippen LogP contribution in [0.1, 0.15) is 23.6 Å². The second-order valence-electron chi connectivity index (χ2n) is 7.35. The monoisotopic (exact) mass is 379 g/mol. The summed E-state index contributed by atoms with van der Waals surface area (Å²) in [6, 6.07) is 13.4. The molecular weight excluding hydrogens is 354 g/mol. The maximum atomic E-state index is 12.1. The van der Waals surface area contributed by atoms with Gasteiger partial charge in [0.2, 0.25) is 0 Å². The number of rotatable bonds is 5. The van der Waals surface area contributed by atoms with E-state index in [2.05, 4.69) is 24.8 Å². The Bertz CT molecular complexity index is 1060. The predicted octanol–water partition coefficient (Wildman–Crippen LogP) is 4.07. The Morgan fingerprint density at radius 3 is 2.61 bits per heavy atom. The molecule has 4 rings (SSSR count). The van der Waals surface area contributed by atoms with Crippen molar-refractivity contribution in [3.8, 4) is 11.5 Å². The highest BCUT2D eigenvalue weighted by atomic mass is 16.6. The number of aryl methyl sites for hydroxylation is 2. The van der Waals surface area contributed by atoms with Crippen LogP contribution in [-0.2, 0) is 6.54 Å². The van der Waals surface area contributed by atoms with Crippen LogP contribution in [0.2, 0.25) is 0 Å². The van der Waals surface area contributed by atoms with Crippen LogP contribution in [0.25, 0.3) is 11.0 Å². The summed E-state index contributed by atoms with van der Waals surface area (Å²) in [5, 5.41) is 0.993. The van der Waals surface area contributed by atoms with E-state index in [0.29, 0.717) is 18.7 Å². The van der Waals surface area contributed by atoms with Crippen LogP contribution >= 0.6 is 0 Å². The highest BCUT2D eigenvalue weighted by Crippen LogP contribution is 2.31. The van der Waals surface area contributed by atoms with E-state index in [4.69, 9.17) is 13.9 Å². The molecule has 0 unspecified atom stereocenters. The first-order chi connectivity index (χ1) is 13.5. The van der Waals surface area contributed by atoms with Gasteiger partial charge in [0, 0.05) is 24.5 Å². The molecule has 0 N–H and O–H groups in total. The van der Waals surface area contributed by atoms with Gasteiger partial charge in [-0.15, -0.1) is 0 Å². The molecule has 5 heteroatoms.